The van der Waals surface area contributed by atoms with Gasteiger partial charge in [-0.2, -0.15) is 0 Å². The lowest BCUT2D eigenvalue weighted by Gasteiger charge is -2.24. The average molecular weight is 241 g/mol. The van der Waals surface area contributed by atoms with E-state index in [2.05, 4.69) is 21.8 Å². The second-order valence-corrected chi connectivity index (χ2v) is 5.08. The van der Waals surface area contributed by atoms with Crippen molar-refractivity contribution in [3.63, 3.8) is 0 Å². The number of nitrogens with two attached hydrogens (primary N) is 1. The van der Waals surface area contributed by atoms with E-state index in [9.17, 15) is 0 Å². The molecule has 3 heteroatoms. The number of imidazole rings is 1. The van der Waals surface area contributed by atoms with Gasteiger partial charge in [0.05, 0.1) is 0 Å². The summed E-state index contributed by atoms with van der Waals surface area (Å²) >= 11 is 0. The van der Waals surface area contributed by atoms with Crippen LogP contribution in [0.5, 0.6) is 0 Å². The monoisotopic (exact) mass is 241 g/mol. The van der Waals surface area contributed by atoms with Crippen molar-refractivity contribution in [2.45, 2.75) is 38.1 Å². The second kappa shape index (κ2) is 4.84. The smallest absolute Gasteiger partial charge is 0.140 e. The number of benzene rings is 1. The fourth-order valence-electron chi connectivity index (χ4n) is 2.87. The molecule has 0 bridgehead atoms. The second-order valence-electron chi connectivity index (χ2n) is 5.08. The van der Waals surface area contributed by atoms with Crippen molar-refractivity contribution in [3.05, 3.63) is 36.7 Å². The Hall–Kier alpha value is -1.77. The molecule has 1 aliphatic rings. The Bertz CT molecular complexity index is 524. The van der Waals surface area contributed by atoms with Gasteiger partial charge < -0.3 is 10.3 Å². The van der Waals surface area contributed by atoms with E-state index in [-0.39, 0.29) is 0 Å². The summed E-state index contributed by atoms with van der Waals surface area (Å²) in [6.45, 7) is 0. The molecule has 1 fully saturated rings. The summed E-state index contributed by atoms with van der Waals surface area (Å²) in [5, 5.41) is 0. The number of aromatic nitrogens is 2. The van der Waals surface area contributed by atoms with Gasteiger partial charge in [-0.05, 0) is 25.0 Å². The minimum Gasteiger partial charge on any atom is -0.399 e. The lowest BCUT2D eigenvalue weighted by molar-refractivity contribution is 0.355. The summed E-state index contributed by atoms with van der Waals surface area (Å²) in [4.78, 5) is 4.51. The van der Waals surface area contributed by atoms with Gasteiger partial charge in [0.25, 0.3) is 0 Å². The maximum absolute atomic E-state index is 5.86. The Morgan fingerprint density at radius 3 is 2.78 bits per heavy atom. The molecule has 0 atom stereocenters. The minimum absolute atomic E-state index is 0.609. The van der Waals surface area contributed by atoms with Crippen molar-refractivity contribution in [1.29, 1.82) is 0 Å². The van der Waals surface area contributed by atoms with E-state index in [0.29, 0.717) is 6.04 Å². The van der Waals surface area contributed by atoms with Crippen LogP contribution in [0, 0.1) is 0 Å². The van der Waals surface area contributed by atoms with Gasteiger partial charge in [-0.3, -0.25) is 0 Å². The zero-order chi connectivity index (χ0) is 12.4. The number of anilines is 1. The van der Waals surface area contributed by atoms with Gasteiger partial charge in [0.1, 0.15) is 5.82 Å². The first-order chi connectivity index (χ1) is 8.84. The summed E-state index contributed by atoms with van der Waals surface area (Å²) in [5.41, 5.74) is 7.77. The van der Waals surface area contributed by atoms with E-state index in [1.54, 1.807) is 0 Å². The third-order valence-corrected chi connectivity index (χ3v) is 3.78. The first kappa shape index (κ1) is 11.3. The molecule has 18 heavy (non-hydrogen) atoms. The van der Waals surface area contributed by atoms with Gasteiger partial charge >= 0.3 is 0 Å². The van der Waals surface area contributed by atoms with Crippen LogP contribution in [0.15, 0.2) is 36.7 Å². The van der Waals surface area contributed by atoms with Crippen molar-refractivity contribution in [2.75, 3.05) is 5.73 Å². The molecule has 1 saturated carbocycles. The molecule has 3 rings (SSSR count). The van der Waals surface area contributed by atoms with Crippen LogP contribution in [0.1, 0.15) is 38.1 Å². The largest absolute Gasteiger partial charge is 0.399 e. The third kappa shape index (κ3) is 2.13. The van der Waals surface area contributed by atoms with Gasteiger partial charge in [-0.25, -0.2) is 4.98 Å². The van der Waals surface area contributed by atoms with E-state index in [0.717, 1.165) is 17.1 Å². The SMILES string of the molecule is Nc1cccc(-c2nccn2C2CCCCC2)c1. The number of rotatable bonds is 2. The topological polar surface area (TPSA) is 43.8 Å². The number of hydrogen-bond donors (Lipinski definition) is 1. The normalized spacial score (nSPS) is 16.9. The summed E-state index contributed by atoms with van der Waals surface area (Å²) in [6.07, 6.45) is 10.6. The summed E-state index contributed by atoms with van der Waals surface area (Å²) in [5.74, 6) is 1.05. The van der Waals surface area contributed by atoms with E-state index >= 15 is 0 Å². The molecular formula is C15H19N3. The average Bonchev–Trinajstić information content (AvgIpc) is 2.89. The molecule has 1 aromatic carbocycles. The molecule has 0 radical (unpaired) electrons. The van der Waals surface area contributed by atoms with Gasteiger partial charge in [0, 0.05) is 29.7 Å². The molecule has 0 aliphatic heterocycles. The zero-order valence-electron chi connectivity index (χ0n) is 10.5. The van der Waals surface area contributed by atoms with Crippen LogP contribution >= 0.6 is 0 Å². The molecular weight excluding hydrogens is 222 g/mol. The lowest BCUT2D eigenvalue weighted by Crippen LogP contribution is -2.13. The van der Waals surface area contributed by atoms with E-state index in [1.807, 2.05) is 24.4 Å². The van der Waals surface area contributed by atoms with Crippen LogP contribution in [-0.4, -0.2) is 9.55 Å². The first-order valence-corrected chi connectivity index (χ1v) is 6.73. The zero-order valence-corrected chi connectivity index (χ0v) is 10.5. The predicted molar refractivity (Wildman–Crippen MR) is 74.2 cm³/mol. The Morgan fingerprint density at radius 2 is 2.00 bits per heavy atom. The molecule has 1 aromatic heterocycles. The highest BCUT2D eigenvalue weighted by Crippen LogP contribution is 2.32. The highest BCUT2D eigenvalue weighted by molar-refractivity contribution is 5.61. The fraction of sp³-hybridized carbons (Fsp3) is 0.400. The minimum atomic E-state index is 0.609. The molecule has 94 valence electrons. The van der Waals surface area contributed by atoms with Crippen LogP contribution in [0.2, 0.25) is 0 Å². The van der Waals surface area contributed by atoms with E-state index in [4.69, 9.17) is 5.73 Å². The molecule has 3 nitrogen and oxygen atoms in total. The van der Waals surface area contributed by atoms with E-state index < -0.39 is 0 Å². The third-order valence-electron chi connectivity index (χ3n) is 3.78. The predicted octanol–water partition coefficient (Wildman–Crippen LogP) is 3.64. The molecule has 0 saturated heterocycles. The summed E-state index contributed by atoms with van der Waals surface area (Å²) in [7, 11) is 0. The Kier molecular flexibility index (Phi) is 3.05. The maximum Gasteiger partial charge on any atom is 0.140 e. The van der Waals surface area contributed by atoms with Crippen molar-refractivity contribution in [1.82, 2.24) is 9.55 Å². The van der Waals surface area contributed by atoms with Crippen molar-refractivity contribution < 1.29 is 0 Å². The van der Waals surface area contributed by atoms with Crippen LogP contribution < -0.4 is 5.73 Å². The molecule has 1 heterocycles. The Balaban J connectivity index is 1.95. The van der Waals surface area contributed by atoms with Gasteiger partial charge in [0.15, 0.2) is 0 Å². The highest BCUT2D eigenvalue weighted by atomic mass is 15.1. The van der Waals surface area contributed by atoms with Crippen molar-refractivity contribution >= 4 is 5.69 Å². The maximum atomic E-state index is 5.86. The van der Waals surface area contributed by atoms with Crippen molar-refractivity contribution in [2.24, 2.45) is 0 Å². The van der Waals surface area contributed by atoms with Crippen LogP contribution in [0.4, 0.5) is 5.69 Å². The highest BCUT2D eigenvalue weighted by Gasteiger charge is 2.18. The van der Waals surface area contributed by atoms with Crippen LogP contribution in [0.25, 0.3) is 11.4 Å². The standard InChI is InChI=1S/C15H19N3/c16-13-6-4-5-12(11-13)15-17-9-10-18(15)14-7-2-1-3-8-14/h4-6,9-11,14H,1-3,7-8,16H2. The van der Waals surface area contributed by atoms with Gasteiger partial charge in [-0.15, -0.1) is 0 Å². The first-order valence-electron chi connectivity index (χ1n) is 6.73. The number of hydrogen-bond acceptors (Lipinski definition) is 2. The summed E-state index contributed by atoms with van der Waals surface area (Å²) in [6, 6.07) is 8.60. The summed E-state index contributed by atoms with van der Waals surface area (Å²) < 4.78 is 2.33. The molecule has 1 aliphatic carbocycles. The van der Waals surface area contributed by atoms with Crippen molar-refractivity contribution in [3.8, 4) is 11.4 Å². The molecule has 0 spiro atoms. The molecule has 2 N–H and O–H groups in total. The van der Waals surface area contributed by atoms with Gasteiger partial charge in [0.2, 0.25) is 0 Å². The Morgan fingerprint density at radius 1 is 1.17 bits per heavy atom. The van der Waals surface area contributed by atoms with Crippen LogP contribution in [-0.2, 0) is 0 Å². The molecule has 0 amide bonds. The number of nitrogen functional groups attached to an aromatic ring is 1. The van der Waals surface area contributed by atoms with E-state index in [1.165, 1.54) is 32.1 Å². The van der Waals surface area contributed by atoms with Crippen LogP contribution in [0.3, 0.4) is 0 Å². The molecule has 0 unspecified atom stereocenters. The Labute approximate surface area is 108 Å². The fourth-order valence-corrected chi connectivity index (χ4v) is 2.87. The quantitative estimate of drug-likeness (QED) is 0.816. The molecule has 2 aromatic rings. The lowest BCUT2D eigenvalue weighted by atomic mass is 9.95. The van der Waals surface area contributed by atoms with Gasteiger partial charge in [-0.1, -0.05) is 31.4 Å². The number of nitrogens with zero attached hydrogens (tertiary/aromatic N) is 2.